The van der Waals surface area contributed by atoms with Gasteiger partial charge in [0.15, 0.2) is 5.65 Å². The summed E-state index contributed by atoms with van der Waals surface area (Å²) in [5.41, 5.74) is 0.802. The van der Waals surface area contributed by atoms with Gasteiger partial charge in [0.2, 0.25) is 5.95 Å². The highest BCUT2D eigenvalue weighted by Gasteiger charge is 2.19. The minimum Gasteiger partial charge on any atom is -0.337 e. The molecule has 6 nitrogen and oxygen atoms in total. The Morgan fingerprint density at radius 1 is 1.12 bits per heavy atom. The second-order valence-corrected chi connectivity index (χ2v) is 4.08. The normalized spacial score (nSPS) is 18.2. The van der Waals surface area contributed by atoms with Crippen molar-refractivity contribution in [2.45, 2.75) is 0 Å². The number of rotatable bonds is 1. The molecule has 0 amide bonds. The summed E-state index contributed by atoms with van der Waals surface area (Å²) in [7, 11) is 2.14. The zero-order valence-electron chi connectivity index (χ0n) is 9.24. The van der Waals surface area contributed by atoms with Gasteiger partial charge >= 0.3 is 0 Å². The van der Waals surface area contributed by atoms with Crippen LogP contribution >= 0.6 is 0 Å². The highest BCUT2D eigenvalue weighted by Crippen LogP contribution is 2.13. The topological polar surface area (TPSA) is 49.6 Å². The van der Waals surface area contributed by atoms with Crippen molar-refractivity contribution in [3.05, 3.63) is 18.3 Å². The number of hydrogen-bond donors (Lipinski definition) is 0. The van der Waals surface area contributed by atoms with Gasteiger partial charge in [0.05, 0.1) is 0 Å². The van der Waals surface area contributed by atoms with Gasteiger partial charge in [0.1, 0.15) is 0 Å². The fraction of sp³-hybridized carbons (Fsp3) is 0.500. The van der Waals surface area contributed by atoms with Crippen LogP contribution in [-0.4, -0.2) is 57.9 Å². The third-order valence-corrected chi connectivity index (χ3v) is 2.95. The lowest BCUT2D eigenvalue weighted by Crippen LogP contribution is -2.45. The van der Waals surface area contributed by atoms with E-state index in [1.54, 1.807) is 10.7 Å². The molecule has 1 fully saturated rings. The van der Waals surface area contributed by atoms with Gasteiger partial charge in [-0.25, -0.2) is 0 Å². The average molecular weight is 218 g/mol. The summed E-state index contributed by atoms with van der Waals surface area (Å²) in [5, 5.41) is 12.6. The zero-order valence-corrected chi connectivity index (χ0v) is 9.24. The molecule has 3 heterocycles. The molecular formula is C10H14N6. The van der Waals surface area contributed by atoms with Gasteiger partial charge in [-0.3, -0.25) is 0 Å². The zero-order chi connectivity index (χ0) is 11.0. The first-order valence-electron chi connectivity index (χ1n) is 5.44. The van der Waals surface area contributed by atoms with Gasteiger partial charge in [-0.1, -0.05) is 0 Å². The Kier molecular flexibility index (Phi) is 2.21. The van der Waals surface area contributed by atoms with E-state index in [4.69, 9.17) is 0 Å². The lowest BCUT2D eigenvalue weighted by molar-refractivity contribution is 0.310. The Balaban J connectivity index is 1.94. The van der Waals surface area contributed by atoms with Crippen LogP contribution in [-0.2, 0) is 0 Å². The molecule has 84 valence electrons. The van der Waals surface area contributed by atoms with E-state index >= 15 is 0 Å². The number of fused-ring (bicyclic) bond motifs is 1. The summed E-state index contributed by atoms with van der Waals surface area (Å²) in [4.78, 5) is 4.54. The first kappa shape index (κ1) is 9.53. The second kappa shape index (κ2) is 3.71. The largest absolute Gasteiger partial charge is 0.337 e. The highest BCUT2D eigenvalue weighted by molar-refractivity contribution is 5.44. The summed E-state index contributed by atoms with van der Waals surface area (Å²) in [6.07, 6.45) is 1.76. The fourth-order valence-electron chi connectivity index (χ4n) is 1.94. The number of aromatic nitrogens is 4. The van der Waals surface area contributed by atoms with Gasteiger partial charge in [-0.05, 0) is 19.2 Å². The van der Waals surface area contributed by atoms with Crippen LogP contribution in [0.3, 0.4) is 0 Å². The van der Waals surface area contributed by atoms with Crippen LogP contribution in [0.25, 0.3) is 5.65 Å². The van der Waals surface area contributed by atoms with E-state index in [1.165, 1.54) is 0 Å². The Morgan fingerprint density at radius 3 is 2.75 bits per heavy atom. The maximum absolute atomic E-state index is 4.27. The third kappa shape index (κ3) is 1.51. The smallest absolute Gasteiger partial charge is 0.248 e. The third-order valence-electron chi connectivity index (χ3n) is 2.95. The minimum absolute atomic E-state index is 0.802. The molecule has 0 N–H and O–H groups in total. The summed E-state index contributed by atoms with van der Waals surface area (Å²) >= 11 is 0. The summed E-state index contributed by atoms with van der Waals surface area (Å²) in [5.74, 6) is 0.851. The van der Waals surface area contributed by atoms with Crippen molar-refractivity contribution in [1.82, 2.24) is 24.7 Å². The Hall–Kier alpha value is -1.69. The molecule has 0 atom stereocenters. The molecule has 0 unspecified atom stereocenters. The van der Waals surface area contributed by atoms with Gasteiger partial charge in [0.25, 0.3) is 0 Å². The summed E-state index contributed by atoms with van der Waals surface area (Å²) in [6, 6.07) is 3.79. The van der Waals surface area contributed by atoms with E-state index < -0.39 is 0 Å². The lowest BCUT2D eigenvalue weighted by atomic mass is 10.3. The van der Waals surface area contributed by atoms with Gasteiger partial charge < -0.3 is 9.80 Å². The number of hydrogen-bond acceptors (Lipinski definition) is 5. The van der Waals surface area contributed by atoms with Crippen LogP contribution in [0, 0.1) is 0 Å². The SMILES string of the molecule is CN1CCN(c2nnc3cccnn23)CC1. The average Bonchev–Trinajstić information content (AvgIpc) is 2.74. The van der Waals surface area contributed by atoms with Crippen molar-refractivity contribution in [3.8, 4) is 0 Å². The molecule has 0 spiro atoms. The Morgan fingerprint density at radius 2 is 1.94 bits per heavy atom. The van der Waals surface area contributed by atoms with Gasteiger partial charge in [-0.15, -0.1) is 10.2 Å². The van der Waals surface area contributed by atoms with E-state index in [0.29, 0.717) is 0 Å². The fourth-order valence-corrected chi connectivity index (χ4v) is 1.94. The second-order valence-electron chi connectivity index (χ2n) is 4.08. The lowest BCUT2D eigenvalue weighted by Gasteiger charge is -2.31. The standard InChI is InChI=1S/C10H14N6/c1-14-5-7-15(8-6-14)10-13-12-9-3-2-4-11-16(9)10/h2-4H,5-8H2,1H3. The first-order chi connectivity index (χ1) is 7.84. The number of anilines is 1. The summed E-state index contributed by atoms with van der Waals surface area (Å²) < 4.78 is 1.80. The maximum Gasteiger partial charge on any atom is 0.248 e. The molecule has 0 bridgehead atoms. The van der Waals surface area contributed by atoms with Crippen LogP contribution in [0.2, 0.25) is 0 Å². The molecule has 6 heteroatoms. The molecule has 16 heavy (non-hydrogen) atoms. The molecule has 2 aromatic rings. The Labute approximate surface area is 93.5 Å². The molecule has 1 aliphatic rings. The van der Waals surface area contributed by atoms with Crippen LogP contribution in [0.1, 0.15) is 0 Å². The molecular weight excluding hydrogens is 204 g/mol. The number of piperazine rings is 1. The van der Waals surface area contributed by atoms with Crippen molar-refractivity contribution in [2.75, 3.05) is 38.1 Å². The quantitative estimate of drug-likeness (QED) is 0.667. The number of nitrogens with zero attached hydrogens (tertiary/aromatic N) is 6. The van der Waals surface area contributed by atoms with Crippen LogP contribution < -0.4 is 4.90 Å². The van der Waals surface area contributed by atoms with Crippen molar-refractivity contribution < 1.29 is 0 Å². The predicted octanol–water partition coefficient (Wildman–Crippen LogP) is -0.124. The molecule has 1 saturated heterocycles. The van der Waals surface area contributed by atoms with E-state index in [-0.39, 0.29) is 0 Å². The van der Waals surface area contributed by atoms with Crippen molar-refractivity contribution in [3.63, 3.8) is 0 Å². The molecule has 0 aromatic carbocycles. The van der Waals surface area contributed by atoms with Crippen LogP contribution in [0.4, 0.5) is 5.95 Å². The predicted molar refractivity (Wildman–Crippen MR) is 60.5 cm³/mol. The molecule has 2 aromatic heterocycles. The van der Waals surface area contributed by atoms with Crippen LogP contribution in [0.15, 0.2) is 18.3 Å². The maximum atomic E-state index is 4.27. The van der Waals surface area contributed by atoms with Gasteiger partial charge in [0, 0.05) is 32.4 Å². The van der Waals surface area contributed by atoms with Gasteiger partial charge in [-0.2, -0.15) is 9.61 Å². The Bertz CT molecular complexity index is 485. The van der Waals surface area contributed by atoms with E-state index in [9.17, 15) is 0 Å². The van der Waals surface area contributed by atoms with Crippen molar-refractivity contribution in [2.24, 2.45) is 0 Å². The number of likely N-dealkylation sites (N-methyl/N-ethyl adjacent to an activating group) is 1. The van der Waals surface area contributed by atoms with E-state index in [2.05, 4.69) is 32.1 Å². The molecule has 0 aliphatic carbocycles. The monoisotopic (exact) mass is 218 g/mol. The van der Waals surface area contributed by atoms with Crippen molar-refractivity contribution in [1.29, 1.82) is 0 Å². The van der Waals surface area contributed by atoms with Crippen LogP contribution in [0.5, 0.6) is 0 Å². The summed E-state index contributed by atoms with van der Waals surface area (Å²) in [6.45, 7) is 4.07. The first-order valence-corrected chi connectivity index (χ1v) is 5.44. The molecule has 3 rings (SSSR count). The molecule has 0 radical (unpaired) electrons. The molecule has 0 saturated carbocycles. The van der Waals surface area contributed by atoms with E-state index in [1.807, 2.05) is 12.1 Å². The highest BCUT2D eigenvalue weighted by atomic mass is 15.5. The minimum atomic E-state index is 0.802. The van der Waals surface area contributed by atoms with E-state index in [0.717, 1.165) is 37.8 Å². The molecule has 1 aliphatic heterocycles. The van der Waals surface area contributed by atoms with Crippen molar-refractivity contribution >= 4 is 11.6 Å².